The Morgan fingerprint density at radius 2 is 2.10 bits per heavy atom. The van der Waals surface area contributed by atoms with Crippen LogP contribution in [-0.4, -0.2) is 17.9 Å². The highest BCUT2D eigenvalue weighted by Crippen LogP contribution is 2.28. The largest absolute Gasteiger partial charge is 0.463 e. The summed E-state index contributed by atoms with van der Waals surface area (Å²) in [6.07, 6.45) is 3.31. The molecular weight excluding hydrogens is 350 g/mol. The second kappa shape index (κ2) is 6.24. The van der Waals surface area contributed by atoms with Crippen molar-refractivity contribution >= 4 is 33.5 Å². The van der Waals surface area contributed by atoms with E-state index in [0.29, 0.717) is 5.76 Å². The van der Waals surface area contributed by atoms with E-state index in [0.717, 1.165) is 20.5 Å². The first-order valence-electron chi connectivity index (χ1n) is 6.25. The van der Waals surface area contributed by atoms with Crippen LogP contribution in [0, 0.1) is 0 Å². The maximum Gasteiger partial charge on any atom is 0.205 e. The van der Waals surface area contributed by atoms with Gasteiger partial charge in [0.2, 0.25) is 4.80 Å². The summed E-state index contributed by atoms with van der Waals surface area (Å²) in [5.74, 6) is 0.703. The lowest BCUT2D eigenvalue weighted by Gasteiger charge is -2.05. The van der Waals surface area contributed by atoms with E-state index in [1.54, 1.807) is 30.9 Å². The standard InChI is InChI=1S/C15H12BrN3OS/c1-17-15-19(18-9-11-5-4-8-20-11)14(10-21-15)12-6-2-3-7-13(12)16/h2-10H,1H3. The lowest BCUT2D eigenvalue weighted by Crippen LogP contribution is -2.11. The first-order chi connectivity index (χ1) is 10.3. The van der Waals surface area contributed by atoms with Crippen LogP contribution in [0.25, 0.3) is 11.3 Å². The van der Waals surface area contributed by atoms with Crippen molar-refractivity contribution < 1.29 is 4.42 Å². The number of hydrogen-bond donors (Lipinski definition) is 0. The molecular formula is C15H12BrN3OS. The number of benzene rings is 1. The second-order valence-corrected chi connectivity index (χ2v) is 5.87. The van der Waals surface area contributed by atoms with E-state index in [4.69, 9.17) is 4.42 Å². The number of rotatable bonds is 3. The highest BCUT2D eigenvalue weighted by Gasteiger charge is 2.09. The summed E-state index contributed by atoms with van der Waals surface area (Å²) in [4.78, 5) is 5.09. The molecule has 0 radical (unpaired) electrons. The van der Waals surface area contributed by atoms with E-state index in [9.17, 15) is 0 Å². The molecule has 2 heterocycles. The highest BCUT2D eigenvalue weighted by atomic mass is 79.9. The zero-order valence-corrected chi connectivity index (χ0v) is 13.6. The molecule has 0 spiro atoms. The molecule has 0 amide bonds. The quantitative estimate of drug-likeness (QED) is 0.650. The van der Waals surface area contributed by atoms with Gasteiger partial charge >= 0.3 is 0 Å². The molecule has 4 nitrogen and oxygen atoms in total. The van der Waals surface area contributed by atoms with Gasteiger partial charge in [-0.05, 0) is 18.2 Å². The topological polar surface area (TPSA) is 42.8 Å². The van der Waals surface area contributed by atoms with Crippen LogP contribution in [0.5, 0.6) is 0 Å². The van der Waals surface area contributed by atoms with Crippen molar-refractivity contribution in [3.63, 3.8) is 0 Å². The normalized spacial score (nSPS) is 12.4. The minimum Gasteiger partial charge on any atom is -0.463 e. The van der Waals surface area contributed by atoms with Gasteiger partial charge in [-0.15, -0.1) is 11.3 Å². The lowest BCUT2D eigenvalue weighted by atomic mass is 10.2. The Kier molecular flexibility index (Phi) is 4.17. The monoisotopic (exact) mass is 361 g/mol. The third-order valence-corrected chi connectivity index (χ3v) is 4.47. The van der Waals surface area contributed by atoms with Gasteiger partial charge in [0, 0.05) is 22.5 Å². The molecule has 0 aliphatic carbocycles. The fourth-order valence-corrected chi connectivity index (χ4v) is 3.18. The van der Waals surface area contributed by atoms with Gasteiger partial charge in [-0.25, -0.2) is 4.68 Å². The maximum atomic E-state index is 5.28. The second-order valence-electron chi connectivity index (χ2n) is 4.18. The van der Waals surface area contributed by atoms with Crippen LogP contribution in [0.3, 0.4) is 0 Å². The van der Waals surface area contributed by atoms with Gasteiger partial charge in [-0.1, -0.05) is 34.1 Å². The van der Waals surface area contributed by atoms with Crippen molar-refractivity contribution in [1.29, 1.82) is 0 Å². The Morgan fingerprint density at radius 1 is 1.24 bits per heavy atom. The fraction of sp³-hybridized carbons (Fsp3) is 0.0667. The average Bonchev–Trinajstić information content (AvgIpc) is 3.14. The molecule has 106 valence electrons. The summed E-state index contributed by atoms with van der Waals surface area (Å²) in [5, 5.41) is 6.53. The Hall–Kier alpha value is -1.92. The van der Waals surface area contributed by atoms with Gasteiger partial charge in [0.05, 0.1) is 18.2 Å². The van der Waals surface area contributed by atoms with E-state index in [1.165, 1.54) is 0 Å². The van der Waals surface area contributed by atoms with E-state index in [-0.39, 0.29) is 0 Å². The molecule has 0 unspecified atom stereocenters. The van der Waals surface area contributed by atoms with Gasteiger partial charge in [0.15, 0.2) is 0 Å². The van der Waals surface area contributed by atoms with Crippen LogP contribution in [0.4, 0.5) is 0 Å². The number of furan rings is 1. The van der Waals surface area contributed by atoms with Crippen LogP contribution < -0.4 is 4.80 Å². The first-order valence-corrected chi connectivity index (χ1v) is 7.93. The van der Waals surface area contributed by atoms with Crippen molar-refractivity contribution in [2.24, 2.45) is 10.1 Å². The zero-order valence-electron chi connectivity index (χ0n) is 11.2. The molecule has 0 saturated heterocycles. The van der Waals surface area contributed by atoms with Gasteiger partial charge in [0.1, 0.15) is 5.76 Å². The molecule has 0 saturated carbocycles. The SMILES string of the molecule is CN=c1scc(-c2ccccc2Br)n1N=Cc1ccco1. The van der Waals surface area contributed by atoms with Crippen LogP contribution in [0.15, 0.2) is 67.0 Å². The van der Waals surface area contributed by atoms with Crippen LogP contribution >= 0.6 is 27.3 Å². The first kappa shape index (κ1) is 14.0. The molecule has 3 rings (SSSR count). The van der Waals surface area contributed by atoms with Crippen LogP contribution in [0.1, 0.15) is 5.76 Å². The van der Waals surface area contributed by atoms with E-state index in [1.807, 2.05) is 46.5 Å². The van der Waals surface area contributed by atoms with Crippen molar-refractivity contribution in [3.05, 3.63) is 63.1 Å². The summed E-state index contributed by atoms with van der Waals surface area (Å²) < 4.78 is 8.11. The predicted octanol–water partition coefficient (Wildman–Crippen LogP) is 3.98. The molecule has 6 heteroatoms. The smallest absolute Gasteiger partial charge is 0.205 e. The van der Waals surface area contributed by atoms with Crippen molar-refractivity contribution in [2.45, 2.75) is 0 Å². The van der Waals surface area contributed by atoms with E-state index in [2.05, 4.69) is 26.0 Å². The molecule has 1 aromatic carbocycles. The predicted molar refractivity (Wildman–Crippen MR) is 88.6 cm³/mol. The Morgan fingerprint density at radius 3 is 2.81 bits per heavy atom. The van der Waals surface area contributed by atoms with Crippen molar-refractivity contribution in [1.82, 2.24) is 4.68 Å². The molecule has 3 aromatic rings. The number of halogens is 1. The Balaban J connectivity index is 2.11. The molecule has 0 atom stereocenters. The minimum absolute atomic E-state index is 0.703. The molecule has 2 aromatic heterocycles. The van der Waals surface area contributed by atoms with E-state index >= 15 is 0 Å². The van der Waals surface area contributed by atoms with Gasteiger partial charge in [-0.3, -0.25) is 4.99 Å². The summed E-state index contributed by atoms with van der Waals surface area (Å²) in [6, 6.07) is 11.7. The van der Waals surface area contributed by atoms with E-state index < -0.39 is 0 Å². The summed E-state index contributed by atoms with van der Waals surface area (Å²) in [7, 11) is 1.76. The van der Waals surface area contributed by atoms with Crippen molar-refractivity contribution in [2.75, 3.05) is 7.05 Å². The summed E-state index contributed by atoms with van der Waals surface area (Å²) in [5.41, 5.74) is 2.05. The third-order valence-electron chi connectivity index (χ3n) is 2.87. The number of aromatic nitrogens is 1. The lowest BCUT2D eigenvalue weighted by molar-refractivity contribution is 0.559. The summed E-state index contributed by atoms with van der Waals surface area (Å²) in [6.45, 7) is 0. The minimum atomic E-state index is 0.703. The zero-order chi connectivity index (χ0) is 14.7. The highest BCUT2D eigenvalue weighted by molar-refractivity contribution is 9.10. The van der Waals surface area contributed by atoms with Gasteiger partial charge in [-0.2, -0.15) is 5.10 Å². The molecule has 0 N–H and O–H groups in total. The third kappa shape index (κ3) is 2.91. The fourth-order valence-electron chi connectivity index (χ4n) is 1.90. The van der Waals surface area contributed by atoms with Crippen LogP contribution in [0.2, 0.25) is 0 Å². The summed E-state index contributed by atoms with van der Waals surface area (Å²) >= 11 is 5.13. The average molecular weight is 362 g/mol. The van der Waals surface area contributed by atoms with Crippen molar-refractivity contribution in [3.8, 4) is 11.3 Å². The molecule has 0 aliphatic heterocycles. The number of thiazole rings is 1. The molecule has 0 fully saturated rings. The molecule has 0 bridgehead atoms. The maximum absolute atomic E-state index is 5.28. The number of hydrogen-bond acceptors (Lipinski definition) is 4. The molecule has 0 aliphatic rings. The number of nitrogens with zero attached hydrogens (tertiary/aromatic N) is 3. The Labute approximate surface area is 134 Å². The Bertz CT molecular complexity index is 831. The molecule has 21 heavy (non-hydrogen) atoms. The van der Waals surface area contributed by atoms with Crippen LogP contribution in [-0.2, 0) is 0 Å². The van der Waals surface area contributed by atoms with Gasteiger partial charge in [0.25, 0.3) is 0 Å². The van der Waals surface area contributed by atoms with Gasteiger partial charge < -0.3 is 4.42 Å².